The van der Waals surface area contributed by atoms with Gasteiger partial charge >= 0.3 is 5.97 Å². The minimum absolute atomic E-state index is 0.0708. The summed E-state index contributed by atoms with van der Waals surface area (Å²) < 4.78 is 15.7. The predicted molar refractivity (Wildman–Crippen MR) is 99.4 cm³/mol. The molecule has 0 unspecified atom stereocenters. The van der Waals surface area contributed by atoms with Gasteiger partial charge in [-0.1, -0.05) is 48.5 Å². The fourth-order valence-corrected chi connectivity index (χ4v) is 2.44. The molecule has 138 valence electrons. The van der Waals surface area contributed by atoms with E-state index in [1.807, 2.05) is 60.7 Å². The number of amides is 1. The first-order valence-corrected chi connectivity index (χ1v) is 8.48. The average molecular weight is 365 g/mol. The lowest BCUT2D eigenvalue weighted by atomic mass is 10.1. The van der Waals surface area contributed by atoms with Crippen LogP contribution in [0.5, 0.6) is 5.75 Å². The molecule has 0 saturated carbocycles. The van der Waals surface area contributed by atoms with Crippen molar-refractivity contribution >= 4 is 11.9 Å². The SMILES string of the molecule is O=C(COC(=O)c1occc1-c1ccccc1)NCCOc1ccccc1. The van der Waals surface area contributed by atoms with E-state index in [-0.39, 0.29) is 12.4 Å². The van der Waals surface area contributed by atoms with Gasteiger partial charge in [0.25, 0.3) is 5.91 Å². The van der Waals surface area contributed by atoms with Crippen LogP contribution in [0.2, 0.25) is 0 Å². The number of benzene rings is 2. The summed E-state index contributed by atoms with van der Waals surface area (Å²) in [5.74, 6) is -0.298. The highest BCUT2D eigenvalue weighted by atomic mass is 16.5. The maximum atomic E-state index is 12.2. The van der Waals surface area contributed by atoms with E-state index in [2.05, 4.69) is 5.32 Å². The monoisotopic (exact) mass is 365 g/mol. The third-order valence-electron chi connectivity index (χ3n) is 3.71. The fraction of sp³-hybridized carbons (Fsp3) is 0.143. The molecule has 2 aromatic carbocycles. The second-order valence-corrected chi connectivity index (χ2v) is 5.62. The maximum absolute atomic E-state index is 12.2. The average Bonchev–Trinajstić information content (AvgIpc) is 3.21. The van der Waals surface area contributed by atoms with Crippen LogP contribution in [0.1, 0.15) is 10.6 Å². The third kappa shape index (κ3) is 5.22. The Morgan fingerprint density at radius 3 is 2.37 bits per heavy atom. The summed E-state index contributed by atoms with van der Waals surface area (Å²) in [4.78, 5) is 24.0. The van der Waals surface area contributed by atoms with Gasteiger partial charge in [0.05, 0.1) is 12.8 Å². The van der Waals surface area contributed by atoms with Crippen molar-refractivity contribution < 1.29 is 23.5 Å². The van der Waals surface area contributed by atoms with E-state index in [1.165, 1.54) is 6.26 Å². The van der Waals surface area contributed by atoms with Crippen LogP contribution in [0.15, 0.2) is 77.4 Å². The van der Waals surface area contributed by atoms with Crippen molar-refractivity contribution in [2.24, 2.45) is 0 Å². The molecule has 0 bridgehead atoms. The Morgan fingerprint density at radius 2 is 1.63 bits per heavy atom. The Kier molecular flexibility index (Phi) is 6.25. The van der Waals surface area contributed by atoms with Gasteiger partial charge in [-0.15, -0.1) is 0 Å². The van der Waals surface area contributed by atoms with Crippen LogP contribution in [-0.4, -0.2) is 31.6 Å². The van der Waals surface area contributed by atoms with E-state index in [4.69, 9.17) is 13.9 Å². The highest BCUT2D eigenvalue weighted by Crippen LogP contribution is 2.25. The minimum Gasteiger partial charge on any atom is -0.492 e. The van der Waals surface area contributed by atoms with Gasteiger partial charge in [-0.2, -0.15) is 0 Å². The number of rotatable bonds is 8. The first-order valence-electron chi connectivity index (χ1n) is 8.48. The summed E-state index contributed by atoms with van der Waals surface area (Å²) in [5, 5.41) is 2.63. The van der Waals surface area contributed by atoms with E-state index in [9.17, 15) is 9.59 Å². The van der Waals surface area contributed by atoms with Crippen LogP contribution in [0.3, 0.4) is 0 Å². The van der Waals surface area contributed by atoms with E-state index < -0.39 is 11.9 Å². The molecule has 0 radical (unpaired) electrons. The third-order valence-corrected chi connectivity index (χ3v) is 3.71. The summed E-state index contributed by atoms with van der Waals surface area (Å²) in [6, 6.07) is 20.3. The van der Waals surface area contributed by atoms with Crippen molar-refractivity contribution in [3.05, 3.63) is 78.8 Å². The molecule has 3 aromatic rings. The number of hydrogen-bond donors (Lipinski definition) is 1. The van der Waals surface area contributed by atoms with E-state index in [0.29, 0.717) is 18.7 Å². The Balaban J connectivity index is 1.43. The van der Waals surface area contributed by atoms with Crippen LogP contribution in [0, 0.1) is 0 Å². The topological polar surface area (TPSA) is 77.8 Å². The number of carbonyl (C=O) groups excluding carboxylic acids is 2. The zero-order valence-corrected chi connectivity index (χ0v) is 14.6. The lowest BCUT2D eigenvalue weighted by Crippen LogP contribution is -2.32. The summed E-state index contributed by atoms with van der Waals surface area (Å²) in [6.07, 6.45) is 1.42. The van der Waals surface area contributed by atoms with Crippen molar-refractivity contribution in [3.63, 3.8) is 0 Å². The molecule has 0 aliphatic heterocycles. The summed E-state index contributed by atoms with van der Waals surface area (Å²) in [6.45, 7) is 0.237. The summed E-state index contributed by atoms with van der Waals surface area (Å²) >= 11 is 0. The standard InChI is InChI=1S/C21H19NO5/c23-19(22-12-14-25-17-9-5-2-6-10-17)15-27-21(24)20-18(11-13-26-20)16-7-3-1-4-8-16/h1-11,13H,12,14-15H2,(H,22,23). The fourth-order valence-electron chi connectivity index (χ4n) is 2.44. The Morgan fingerprint density at radius 1 is 0.926 bits per heavy atom. The van der Waals surface area contributed by atoms with Gasteiger partial charge in [0.1, 0.15) is 12.4 Å². The van der Waals surface area contributed by atoms with E-state index >= 15 is 0 Å². The van der Waals surface area contributed by atoms with Crippen molar-refractivity contribution in [3.8, 4) is 16.9 Å². The minimum atomic E-state index is -0.686. The van der Waals surface area contributed by atoms with Crippen molar-refractivity contribution in [2.75, 3.05) is 19.8 Å². The first kappa shape index (κ1) is 18.3. The van der Waals surface area contributed by atoms with Gasteiger partial charge in [0.2, 0.25) is 5.76 Å². The first-order chi connectivity index (χ1) is 13.2. The molecule has 0 saturated heterocycles. The second-order valence-electron chi connectivity index (χ2n) is 5.62. The van der Waals surface area contributed by atoms with Crippen LogP contribution >= 0.6 is 0 Å². The highest BCUT2D eigenvalue weighted by molar-refractivity contribution is 5.95. The number of furan rings is 1. The normalized spacial score (nSPS) is 10.2. The smallest absolute Gasteiger partial charge is 0.375 e. The molecule has 0 spiro atoms. The zero-order chi connectivity index (χ0) is 18.9. The van der Waals surface area contributed by atoms with E-state index in [1.54, 1.807) is 6.07 Å². The largest absolute Gasteiger partial charge is 0.492 e. The Bertz CT molecular complexity index is 874. The summed E-state index contributed by atoms with van der Waals surface area (Å²) in [7, 11) is 0. The molecule has 1 amide bonds. The molecule has 1 heterocycles. The lowest BCUT2D eigenvalue weighted by Gasteiger charge is -2.08. The van der Waals surface area contributed by atoms with Gasteiger partial charge in [-0.25, -0.2) is 4.79 Å². The highest BCUT2D eigenvalue weighted by Gasteiger charge is 2.19. The number of ether oxygens (including phenoxy) is 2. The molecule has 1 aromatic heterocycles. The van der Waals surface area contributed by atoms with Crippen molar-refractivity contribution in [1.82, 2.24) is 5.32 Å². The van der Waals surface area contributed by atoms with Crippen LogP contribution in [-0.2, 0) is 9.53 Å². The number of esters is 1. The molecule has 0 aliphatic carbocycles. The number of carbonyl (C=O) groups is 2. The Labute approximate surface area is 156 Å². The Hall–Kier alpha value is -3.54. The van der Waals surface area contributed by atoms with Gasteiger partial charge < -0.3 is 19.2 Å². The molecule has 6 nitrogen and oxygen atoms in total. The number of hydrogen-bond acceptors (Lipinski definition) is 5. The molecule has 0 fully saturated rings. The molecule has 3 rings (SSSR count). The van der Waals surface area contributed by atoms with Gasteiger partial charge in [-0.05, 0) is 23.8 Å². The van der Waals surface area contributed by atoms with Gasteiger partial charge in [-0.3, -0.25) is 4.79 Å². The molecule has 0 atom stereocenters. The van der Waals surface area contributed by atoms with Crippen LogP contribution < -0.4 is 10.1 Å². The van der Waals surface area contributed by atoms with Crippen LogP contribution in [0.4, 0.5) is 0 Å². The maximum Gasteiger partial charge on any atom is 0.375 e. The van der Waals surface area contributed by atoms with Gasteiger partial charge in [0, 0.05) is 5.56 Å². The summed E-state index contributed by atoms with van der Waals surface area (Å²) in [5.41, 5.74) is 1.46. The second kappa shape index (κ2) is 9.24. The molecular formula is C21H19NO5. The molecule has 1 N–H and O–H groups in total. The quantitative estimate of drug-likeness (QED) is 0.489. The molecule has 27 heavy (non-hydrogen) atoms. The predicted octanol–water partition coefficient (Wildman–Crippen LogP) is 3.30. The van der Waals surface area contributed by atoms with Crippen LogP contribution in [0.25, 0.3) is 11.1 Å². The van der Waals surface area contributed by atoms with Crippen molar-refractivity contribution in [2.45, 2.75) is 0 Å². The molecule has 6 heteroatoms. The zero-order valence-electron chi connectivity index (χ0n) is 14.6. The van der Waals surface area contributed by atoms with E-state index in [0.717, 1.165) is 11.3 Å². The number of nitrogens with one attached hydrogen (secondary N) is 1. The van der Waals surface area contributed by atoms with Gasteiger partial charge in [0.15, 0.2) is 6.61 Å². The molecule has 0 aliphatic rings. The van der Waals surface area contributed by atoms with Crippen molar-refractivity contribution in [1.29, 1.82) is 0 Å². The lowest BCUT2D eigenvalue weighted by molar-refractivity contribution is -0.124. The number of para-hydroxylation sites is 1. The molecular weight excluding hydrogens is 346 g/mol.